The number of halogens is 4. The van der Waals surface area contributed by atoms with Gasteiger partial charge in [0.25, 0.3) is 0 Å². The molecule has 9 heteroatoms. The van der Waals surface area contributed by atoms with E-state index in [0.717, 1.165) is 17.7 Å². The van der Waals surface area contributed by atoms with Gasteiger partial charge in [-0.2, -0.15) is 13.2 Å². The maximum atomic E-state index is 13.0. The van der Waals surface area contributed by atoms with Gasteiger partial charge in [0, 0.05) is 24.7 Å². The van der Waals surface area contributed by atoms with E-state index in [-0.39, 0.29) is 36.6 Å². The Morgan fingerprint density at radius 1 is 1.00 bits per heavy atom. The van der Waals surface area contributed by atoms with Crippen LogP contribution in [0.15, 0.2) is 36.4 Å². The van der Waals surface area contributed by atoms with Crippen LogP contribution >= 0.6 is 12.4 Å². The number of nitrogens with two attached hydrogens (primary N) is 1. The van der Waals surface area contributed by atoms with Crippen LogP contribution in [-0.2, 0) is 23.9 Å². The van der Waals surface area contributed by atoms with E-state index in [2.05, 4.69) is 5.32 Å². The number of carbonyl (C=O) groups excluding carboxylic acids is 1. The predicted molar refractivity (Wildman–Crippen MR) is 103 cm³/mol. The summed E-state index contributed by atoms with van der Waals surface area (Å²) in [5.74, 6) is 0.782. The predicted octanol–water partition coefficient (Wildman–Crippen LogP) is 4.17. The van der Waals surface area contributed by atoms with Crippen LogP contribution in [0.4, 0.5) is 18.9 Å². The third-order valence-electron chi connectivity index (χ3n) is 3.89. The molecule has 28 heavy (non-hydrogen) atoms. The van der Waals surface area contributed by atoms with Crippen molar-refractivity contribution in [2.75, 3.05) is 19.5 Å². The van der Waals surface area contributed by atoms with Gasteiger partial charge in [0.2, 0.25) is 5.91 Å². The van der Waals surface area contributed by atoms with Crippen molar-refractivity contribution in [3.05, 3.63) is 53.1 Å². The minimum absolute atomic E-state index is 0. The average Bonchev–Trinajstić information content (AvgIpc) is 2.64. The molecule has 0 saturated carbocycles. The van der Waals surface area contributed by atoms with Crippen molar-refractivity contribution in [2.45, 2.75) is 25.6 Å². The number of anilines is 1. The van der Waals surface area contributed by atoms with E-state index < -0.39 is 17.6 Å². The molecule has 1 amide bonds. The van der Waals surface area contributed by atoms with Gasteiger partial charge in [-0.3, -0.25) is 4.79 Å². The lowest BCUT2D eigenvalue weighted by atomic mass is 10.1. The lowest BCUT2D eigenvalue weighted by molar-refractivity contribution is -0.137. The molecule has 0 saturated heterocycles. The number of hydrogen-bond acceptors (Lipinski definition) is 4. The summed E-state index contributed by atoms with van der Waals surface area (Å²) >= 11 is 0. The first-order valence-corrected chi connectivity index (χ1v) is 8.18. The number of benzene rings is 2. The third kappa shape index (κ3) is 6.61. The number of rotatable bonds is 7. The maximum Gasteiger partial charge on any atom is 0.416 e. The molecule has 0 radical (unpaired) electrons. The Kier molecular flexibility index (Phi) is 8.59. The highest BCUT2D eigenvalue weighted by atomic mass is 35.5. The zero-order chi connectivity index (χ0) is 20.0. The molecule has 0 heterocycles. The minimum atomic E-state index is -4.51. The van der Waals surface area contributed by atoms with Crippen LogP contribution in [0, 0.1) is 0 Å². The fourth-order valence-electron chi connectivity index (χ4n) is 2.54. The summed E-state index contributed by atoms with van der Waals surface area (Å²) < 4.78 is 49.2. The van der Waals surface area contributed by atoms with Crippen molar-refractivity contribution in [3.8, 4) is 11.5 Å². The molecule has 0 atom stereocenters. The zero-order valence-electron chi connectivity index (χ0n) is 15.4. The molecule has 0 bridgehead atoms. The molecule has 154 valence electrons. The molecule has 2 aromatic rings. The average molecular weight is 419 g/mol. The molecule has 0 fully saturated rings. The van der Waals surface area contributed by atoms with E-state index >= 15 is 0 Å². The Balaban J connectivity index is 0.00000392. The number of aryl methyl sites for hydroxylation is 1. The standard InChI is InChI=1S/C19H21F3N2O3.ClH/c1-26-16-7-12(8-17(10-16)27-2)3-4-18(25)24-15-6-13(11-23)5-14(9-15)19(20,21)22;/h5-10H,3-4,11,23H2,1-2H3,(H,24,25);1H. The van der Waals surface area contributed by atoms with Crippen molar-refractivity contribution < 1.29 is 27.4 Å². The van der Waals surface area contributed by atoms with Crippen LogP contribution in [0.1, 0.15) is 23.1 Å². The van der Waals surface area contributed by atoms with E-state index in [1.54, 1.807) is 18.2 Å². The van der Waals surface area contributed by atoms with Crippen molar-refractivity contribution in [2.24, 2.45) is 5.73 Å². The topological polar surface area (TPSA) is 73.6 Å². The van der Waals surface area contributed by atoms with Crippen LogP contribution < -0.4 is 20.5 Å². The lowest BCUT2D eigenvalue weighted by Crippen LogP contribution is -2.14. The monoisotopic (exact) mass is 418 g/mol. The Morgan fingerprint density at radius 3 is 2.11 bits per heavy atom. The van der Waals surface area contributed by atoms with Gasteiger partial charge < -0.3 is 20.5 Å². The number of hydrogen-bond donors (Lipinski definition) is 2. The molecule has 0 aliphatic rings. The summed E-state index contributed by atoms with van der Waals surface area (Å²) in [7, 11) is 3.04. The van der Waals surface area contributed by atoms with Gasteiger partial charge in [-0.1, -0.05) is 0 Å². The zero-order valence-corrected chi connectivity index (χ0v) is 16.2. The molecule has 0 aliphatic heterocycles. The molecule has 5 nitrogen and oxygen atoms in total. The third-order valence-corrected chi connectivity index (χ3v) is 3.89. The highest BCUT2D eigenvalue weighted by molar-refractivity contribution is 5.91. The molecule has 0 spiro atoms. The Labute approximate surface area is 167 Å². The van der Waals surface area contributed by atoms with E-state index in [1.807, 2.05) is 0 Å². The molecule has 3 N–H and O–H groups in total. The number of alkyl halides is 3. The Bertz CT molecular complexity index is 791. The summed E-state index contributed by atoms with van der Waals surface area (Å²) in [6.07, 6.45) is -4.05. The first kappa shape index (κ1) is 23.6. The second-order valence-electron chi connectivity index (χ2n) is 5.89. The van der Waals surface area contributed by atoms with Gasteiger partial charge >= 0.3 is 6.18 Å². The number of ether oxygens (including phenoxy) is 2. The van der Waals surface area contributed by atoms with Crippen molar-refractivity contribution in [1.82, 2.24) is 0 Å². The van der Waals surface area contributed by atoms with Crippen LogP contribution in [0.2, 0.25) is 0 Å². The van der Waals surface area contributed by atoms with Gasteiger partial charge in [0.1, 0.15) is 11.5 Å². The van der Waals surface area contributed by atoms with Crippen LogP contribution in [-0.4, -0.2) is 20.1 Å². The first-order chi connectivity index (χ1) is 12.7. The number of amides is 1. The van der Waals surface area contributed by atoms with Crippen LogP contribution in [0.3, 0.4) is 0 Å². The van der Waals surface area contributed by atoms with Crippen molar-refractivity contribution >= 4 is 24.0 Å². The lowest BCUT2D eigenvalue weighted by Gasteiger charge is -2.13. The SMILES string of the molecule is COc1cc(CCC(=O)Nc2cc(CN)cc(C(F)(F)F)c2)cc(OC)c1.Cl. The van der Waals surface area contributed by atoms with Gasteiger partial charge in [-0.25, -0.2) is 0 Å². The number of carbonyl (C=O) groups is 1. The number of methoxy groups -OCH3 is 2. The largest absolute Gasteiger partial charge is 0.497 e. The second kappa shape index (κ2) is 10.2. The molecule has 0 unspecified atom stereocenters. The van der Waals surface area contributed by atoms with E-state index in [0.29, 0.717) is 17.9 Å². The smallest absolute Gasteiger partial charge is 0.416 e. The highest BCUT2D eigenvalue weighted by Gasteiger charge is 2.31. The minimum Gasteiger partial charge on any atom is -0.497 e. The van der Waals surface area contributed by atoms with Gasteiger partial charge in [-0.15, -0.1) is 12.4 Å². The summed E-state index contributed by atoms with van der Waals surface area (Å²) in [4.78, 5) is 12.2. The summed E-state index contributed by atoms with van der Waals surface area (Å²) in [5, 5.41) is 2.50. The van der Waals surface area contributed by atoms with Crippen molar-refractivity contribution in [1.29, 1.82) is 0 Å². The molecular formula is C19H22ClF3N2O3. The summed E-state index contributed by atoms with van der Waals surface area (Å²) in [6.45, 7) is -0.0591. The maximum absolute atomic E-state index is 13.0. The molecule has 2 rings (SSSR count). The van der Waals surface area contributed by atoms with Crippen LogP contribution in [0.5, 0.6) is 11.5 Å². The van der Waals surface area contributed by atoms with E-state index in [1.165, 1.54) is 20.3 Å². The Morgan fingerprint density at radius 2 is 1.61 bits per heavy atom. The summed E-state index contributed by atoms with van der Waals surface area (Å²) in [5.41, 5.74) is 5.77. The van der Waals surface area contributed by atoms with Gasteiger partial charge in [0.15, 0.2) is 0 Å². The molecule has 0 aromatic heterocycles. The highest BCUT2D eigenvalue weighted by Crippen LogP contribution is 2.32. The molecule has 0 aliphatic carbocycles. The quantitative estimate of drug-likeness (QED) is 0.707. The van der Waals surface area contributed by atoms with E-state index in [9.17, 15) is 18.0 Å². The number of nitrogens with one attached hydrogen (secondary N) is 1. The van der Waals surface area contributed by atoms with E-state index in [4.69, 9.17) is 15.2 Å². The molecular weight excluding hydrogens is 397 g/mol. The normalized spacial score (nSPS) is 10.8. The summed E-state index contributed by atoms with van der Waals surface area (Å²) in [6, 6.07) is 8.55. The van der Waals surface area contributed by atoms with Gasteiger partial charge in [0.05, 0.1) is 19.8 Å². The fourth-order valence-corrected chi connectivity index (χ4v) is 2.54. The molecule has 2 aromatic carbocycles. The Hall–Kier alpha value is -2.45. The van der Waals surface area contributed by atoms with Gasteiger partial charge in [-0.05, 0) is 47.9 Å². The van der Waals surface area contributed by atoms with Crippen LogP contribution in [0.25, 0.3) is 0 Å². The first-order valence-electron chi connectivity index (χ1n) is 8.18. The fraction of sp³-hybridized carbons (Fsp3) is 0.316. The second-order valence-corrected chi connectivity index (χ2v) is 5.89. The van der Waals surface area contributed by atoms with Crippen molar-refractivity contribution in [3.63, 3.8) is 0 Å².